The third-order valence-electron chi connectivity index (χ3n) is 7.67. The minimum atomic E-state index is -0.281. The smallest absolute Gasteiger partial charge is 0.262 e. The maximum Gasteiger partial charge on any atom is 0.262 e. The Morgan fingerprint density at radius 3 is 2.54 bits per heavy atom. The van der Waals surface area contributed by atoms with Gasteiger partial charge in [-0.2, -0.15) is 0 Å². The van der Waals surface area contributed by atoms with Gasteiger partial charge < -0.3 is 24.3 Å². The maximum atomic E-state index is 6.65. The normalized spacial score (nSPS) is 23.2. The Morgan fingerprint density at radius 1 is 1.14 bits per heavy atom. The van der Waals surface area contributed by atoms with Crippen LogP contribution in [0.1, 0.15) is 24.5 Å². The highest BCUT2D eigenvalue weighted by Gasteiger charge is 2.44. The van der Waals surface area contributed by atoms with Gasteiger partial charge in [0.05, 0.1) is 32.9 Å². The number of fused-ring (bicyclic) bond motifs is 4. The summed E-state index contributed by atoms with van der Waals surface area (Å²) >= 11 is 5.79. The zero-order valence-electron chi connectivity index (χ0n) is 21.5. The van der Waals surface area contributed by atoms with E-state index in [-0.39, 0.29) is 17.3 Å². The second kappa shape index (κ2) is 10.9. The summed E-state index contributed by atoms with van der Waals surface area (Å²) in [6.07, 6.45) is 5.88. The number of ether oxygens (including phenoxy) is 4. The Labute approximate surface area is 223 Å². The number of pyridine rings is 1. The lowest BCUT2D eigenvalue weighted by atomic mass is 9.73. The molecule has 3 saturated heterocycles. The molecule has 0 amide bonds. The lowest BCUT2D eigenvalue weighted by molar-refractivity contribution is -0.0386. The van der Waals surface area contributed by atoms with E-state index in [0.717, 1.165) is 36.0 Å². The molecule has 0 radical (unpaired) electrons. The van der Waals surface area contributed by atoms with Crippen molar-refractivity contribution >= 4 is 34.0 Å². The van der Waals surface area contributed by atoms with Gasteiger partial charge in [0.25, 0.3) is 5.17 Å². The molecule has 194 valence electrons. The van der Waals surface area contributed by atoms with Crippen molar-refractivity contribution in [2.75, 3.05) is 39.7 Å². The molecule has 3 aromatic rings. The first-order chi connectivity index (χ1) is 18.1. The van der Waals surface area contributed by atoms with E-state index in [2.05, 4.69) is 40.0 Å². The third-order valence-corrected chi connectivity index (χ3v) is 7.87. The van der Waals surface area contributed by atoms with Gasteiger partial charge in [-0.1, -0.05) is 24.3 Å². The van der Waals surface area contributed by atoms with Gasteiger partial charge in [-0.15, -0.1) is 6.58 Å². The summed E-state index contributed by atoms with van der Waals surface area (Å²) in [5, 5.41) is 4.55. The van der Waals surface area contributed by atoms with E-state index < -0.39 is 0 Å². The molecule has 2 aromatic carbocycles. The first-order valence-electron chi connectivity index (χ1n) is 12.5. The third kappa shape index (κ3) is 4.95. The van der Waals surface area contributed by atoms with E-state index in [1.807, 2.05) is 24.4 Å². The molecule has 3 aliphatic rings. The lowest BCUT2D eigenvalue weighted by Gasteiger charge is -2.51. The molecule has 8 heteroatoms. The Hall–Kier alpha value is -3.36. The first-order valence-corrected chi connectivity index (χ1v) is 12.9. The number of para-hydroxylation sites is 1. The molecule has 0 spiro atoms. The highest BCUT2D eigenvalue weighted by molar-refractivity contribution is 7.80. The average Bonchev–Trinajstić information content (AvgIpc) is 2.95. The van der Waals surface area contributed by atoms with Crippen LogP contribution in [-0.2, 0) is 4.74 Å². The van der Waals surface area contributed by atoms with Crippen molar-refractivity contribution in [3.8, 4) is 17.2 Å². The lowest BCUT2D eigenvalue weighted by Crippen LogP contribution is -2.55. The minimum Gasteiger partial charge on any atom is -0.496 e. The summed E-state index contributed by atoms with van der Waals surface area (Å²) < 4.78 is 23.2. The molecule has 7 nitrogen and oxygen atoms in total. The summed E-state index contributed by atoms with van der Waals surface area (Å²) in [6, 6.07) is 14.0. The fourth-order valence-corrected chi connectivity index (χ4v) is 5.99. The van der Waals surface area contributed by atoms with Crippen molar-refractivity contribution in [2.45, 2.75) is 25.0 Å². The number of nitrogens with zero attached hydrogens (tertiary/aromatic N) is 2. The number of thiocarbonyl (C=S) groups is 1. The van der Waals surface area contributed by atoms with Gasteiger partial charge in [0.2, 0.25) is 0 Å². The second-order valence-electron chi connectivity index (χ2n) is 9.52. The SMILES string of the molecule is C=C[C@H]1CN2CC[C@H]1C[C@@H]2[C@@H](OC(=S)Nc1c(OC)cc(OC)cc1OC)c1ccnc2ccccc12. The number of benzene rings is 2. The van der Waals surface area contributed by atoms with Gasteiger partial charge in [-0.25, -0.2) is 0 Å². The van der Waals surface area contributed by atoms with E-state index >= 15 is 0 Å². The number of anilines is 1. The van der Waals surface area contributed by atoms with Crippen LogP contribution in [-0.4, -0.2) is 55.5 Å². The van der Waals surface area contributed by atoms with Crippen LogP contribution in [0.2, 0.25) is 0 Å². The zero-order chi connectivity index (χ0) is 25.9. The van der Waals surface area contributed by atoms with Gasteiger partial charge in [-0.05, 0) is 55.6 Å². The molecule has 37 heavy (non-hydrogen) atoms. The summed E-state index contributed by atoms with van der Waals surface area (Å²) in [7, 11) is 4.79. The van der Waals surface area contributed by atoms with Crippen LogP contribution in [0.25, 0.3) is 10.9 Å². The van der Waals surface area contributed by atoms with Gasteiger partial charge in [0, 0.05) is 35.8 Å². The average molecular weight is 520 g/mol. The van der Waals surface area contributed by atoms with Crippen LogP contribution >= 0.6 is 12.2 Å². The molecule has 1 aromatic heterocycles. The Bertz CT molecular complexity index is 1270. The quantitative estimate of drug-likeness (QED) is 0.304. The Balaban J connectivity index is 1.49. The molecule has 3 aliphatic heterocycles. The number of hydrogen-bond acceptors (Lipinski definition) is 7. The molecule has 0 saturated carbocycles. The van der Waals surface area contributed by atoms with Crippen molar-refractivity contribution in [3.05, 3.63) is 66.9 Å². The summed E-state index contributed by atoms with van der Waals surface area (Å²) in [6.45, 7) is 6.12. The van der Waals surface area contributed by atoms with Crippen LogP contribution in [0, 0.1) is 11.8 Å². The number of nitrogens with one attached hydrogen (secondary N) is 1. The first kappa shape index (κ1) is 25.3. The molecule has 0 aliphatic carbocycles. The van der Waals surface area contributed by atoms with Crippen molar-refractivity contribution in [2.24, 2.45) is 11.8 Å². The zero-order valence-corrected chi connectivity index (χ0v) is 22.3. The number of rotatable bonds is 8. The predicted molar refractivity (Wildman–Crippen MR) is 150 cm³/mol. The summed E-state index contributed by atoms with van der Waals surface area (Å²) in [4.78, 5) is 7.11. The van der Waals surface area contributed by atoms with Crippen LogP contribution in [0.5, 0.6) is 17.2 Å². The van der Waals surface area contributed by atoms with Crippen LogP contribution < -0.4 is 19.5 Å². The fraction of sp³-hybridized carbons (Fsp3) is 0.379. The van der Waals surface area contributed by atoms with E-state index in [9.17, 15) is 0 Å². The molecular weight excluding hydrogens is 486 g/mol. The van der Waals surface area contributed by atoms with E-state index in [0.29, 0.717) is 34.8 Å². The molecule has 6 rings (SSSR count). The molecule has 1 unspecified atom stereocenters. The predicted octanol–water partition coefficient (Wildman–Crippen LogP) is 5.61. The van der Waals surface area contributed by atoms with Gasteiger partial charge in [0.1, 0.15) is 29.0 Å². The molecule has 4 heterocycles. The van der Waals surface area contributed by atoms with E-state index in [1.165, 1.54) is 6.42 Å². The Kier molecular flexibility index (Phi) is 7.48. The highest BCUT2D eigenvalue weighted by atomic mass is 32.1. The van der Waals surface area contributed by atoms with Crippen LogP contribution in [0.3, 0.4) is 0 Å². The van der Waals surface area contributed by atoms with E-state index in [1.54, 1.807) is 33.5 Å². The fourth-order valence-electron chi connectivity index (χ4n) is 5.78. The van der Waals surface area contributed by atoms with Crippen molar-refractivity contribution in [1.29, 1.82) is 0 Å². The monoisotopic (exact) mass is 519 g/mol. The van der Waals surface area contributed by atoms with Crippen molar-refractivity contribution in [3.63, 3.8) is 0 Å². The molecule has 3 fully saturated rings. The summed E-state index contributed by atoms with van der Waals surface area (Å²) in [5.74, 6) is 2.81. The van der Waals surface area contributed by atoms with Crippen LogP contribution in [0.15, 0.2) is 61.3 Å². The number of methoxy groups -OCH3 is 3. The number of aromatic nitrogens is 1. The van der Waals surface area contributed by atoms with Crippen molar-refractivity contribution in [1.82, 2.24) is 9.88 Å². The molecule has 5 atom stereocenters. The molecular formula is C29H33N3O4S. The van der Waals surface area contributed by atoms with Crippen LogP contribution in [0.4, 0.5) is 5.69 Å². The van der Waals surface area contributed by atoms with E-state index in [4.69, 9.17) is 31.2 Å². The number of hydrogen-bond donors (Lipinski definition) is 1. The topological polar surface area (TPSA) is 65.1 Å². The maximum absolute atomic E-state index is 6.65. The van der Waals surface area contributed by atoms with Crippen molar-refractivity contribution < 1.29 is 18.9 Å². The molecule has 2 bridgehead atoms. The number of piperidine rings is 3. The van der Waals surface area contributed by atoms with Gasteiger partial charge in [-0.3, -0.25) is 9.88 Å². The Morgan fingerprint density at radius 2 is 1.89 bits per heavy atom. The van der Waals surface area contributed by atoms with Gasteiger partial charge in [0.15, 0.2) is 0 Å². The highest BCUT2D eigenvalue weighted by Crippen LogP contribution is 2.44. The largest absolute Gasteiger partial charge is 0.496 e. The second-order valence-corrected chi connectivity index (χ2v) is 9.89. The standard InChI is InChI=1S/C29H33N3O4S/c1-5-18-17-32-13-11-19(18)14-24(32)28(22-10-12-30-23-9-7-6-8-21(22)23)36-29(37)31-27-25(34-3)15-20(33-2)16-26(27)35-4/h5-10,12,15-16,18-19,24,28H,1,11,13-14,17H2,2-4H3,(H,31,37)/t18-,19-,24+,28-/m0/s1. The summed E-state index contributed by atoms with van der Waals surface area (Å²) in [5.41, 5.74) is 2.60. The van der Waals surface area contributed by atoms with Gasteiger partial charge >= 0.3 is 0 Å². The minimum absolute atomic E-state index is 0.181. The molecule has 1 N–H and O–H groups in total.